The summed E-state index contributed by atoms with van der Waals surface area (Å²) in [6, 6.07) is 22.9. The molecule has 3 rings (SSSR count). The zero-order valence-corrected chi connectivity index (χ0v) is 17.6. The first kappa shape index (κ1) is 20.6. The SMILES string of the molecule is Cc1ccc(CN(C)C(=O)c2ccc(S(=O)(=O)N(C)c3ccccc3)cc2)cc1. The van der Waals surface area contributed by atoms with Crippen LogP contribution in [0.5, 0.6) is 0 Å². The minimum atomic E-state index is -3.70. The molecule has 0 saturated carbocycles. The number of carbonyl (C=O) groups excluding carboxylic acids is 1. The van der Waals surface area contributed by atoms with Crippen LogP contribution in [0.4, 0.5) is 5.69 Å². The van der Waals surface area contributed by atoms with Crippen molar-refractivity contribution in [3.05, 3.63) is 95.6 Å². The third kappa shape index (κ3) is 4.66. The van der Waals surface area contributed by atoms with Crippen LogP contribution in [0.2, 0.25) is 0 Å². The number of aryl methyl sites for hydroxylation is 1. The van der Waals surface area contributed by atoms with Crippen molar-refractivity contribution in [2.24, 2.45) is 0 Å². The van der Waals surface area contributed by atoms with Gasteiger partial charge in [-0.15, -0.1) is 0 Å². The van der Waals surface area contributed by atoms with Gasteiger partial charge in [0.25, 0.3) is 15.9 Å². The second-order valence-corrected chi connectivity index (χ2v) is 8.95. The zero-order valence-electron chi connectivity index (χ0n) is 16.7. The molecule has 6 heteroatoms. The van der Waals surface area contributed by atoms with Crippen LogP contribution in [-0.4, -0.2) is 33.3 Å². The number of hydrogen-bond donors (Lipinski definition) is 0. The molecule has 150 valence electrons. The van der Waals surface area contributed by atoms with Crippen molar-refractivity contribution in [1.29, 1.82) is 0 Å². The minimum Gasteiger partial charge on any atom is -0.337 e. The topological polar surface area (TPSA) is 57.7 Å². The summed E-state index contributed by atoms with van der Waals surface area (Å²) in [4.78, 5) is 14.5. The van der Waals surface area contributed by atoms with Crippen molar-refractivity contribution in [3.8, 4) is 0 Å². The number of nitrogens with zero attached hydrogens (tertiary/aromatic N) is 2. The molecule has 0 aliphatic heterocycles. The van der Waals surface area contributed by atoms with Gasteiger partial charge < -0.3 is 4.90 Å². The van der Waals surface area contributed by atoms with E-state index in [9.17, 15) is 13.2 Å². The van der Waals surface area contributed by atoms with Gasteiger partial charge in [-0.25, -0.2) is 8.42 Å². The molecule has 0 spiro atoms. The molecule has 0 saturated heterocycles. The van der Waals surface area contributed by atoms with Gasteiger partial charge in [0.15, 0.2) is 0 Å². The average Bonchev–Trinajstić information content (AvgIpc) is 2.75. The highest BCUT2D eigenvalue weighted by Crippen LogP contribution is 2.22. The smallest absolute Gasteiger partial charge is 0.264 e. The summed E-state index contributed by atoms with van der Waals surface area (Å²) >= 11 is 0. The lowest BCUT2D eigenvalue weighted by Gasteiger charge is -2.20. The Labute approximate surface area is 172 Å². The van der Waals surface area contributed by atoms with Gasteiger partial charge in [0.1, 0.15) is 0 Å². The van der Waals surface area contributed by atoms with E-state index in [1.165, 1.54) is 29.0 Å². The molecule has 3 aromatic rings. The molecule has 0 aliphatic rings. The Bertz CT molecular complexity index is 1080. The Morgan fingerprint density at radius 3 is 2.00 bits per heavy atom. The van der Waals surface area contributed by atoms with Crippen LogP contribution in [0.3, 0.4) is 0 Å². The van der Waals surface area contributed by atoms with Gasteiger partial charge in [0.05, 0.1) is 10.6 Å². The van der Waals surface area contributed by atoms with Crippen molar-refractivity contribution < 1.29 is 13.2 Å². The van der Waals surface area contributed by atoms with Gasteiger partial charge in [-0.05, 0) is 48.9 Å². The van der Waals surface area contributed by atoms with Crippen molar-refractivity contribution in [1.82, 2.24) is 4.90 Å². The van der Waals surface area contributed by atoms with Crippen LogP contribution in [0.15, 0.2) is 83.8 Å². The minimum absolute atomic E-state index is 0.140. The van der Waals surface area contributed by atoms with Gasteiger partial charge in [-0.2, -0.15) is 0 Å². The maximum absolute atomic E-state index is 12.8. The normalized spacial score (nSPS) is 11.1. The first-order valence-corrected chi connectivity index (χ1v) is 10.7. The van der Waals surface area contributed by atoms with E-state index in [4.69, 9.17) is 0 Å². The molecule has 0 aromatic heterocycles. The molecule has 5 nitrogen and oxygen atoms in total. The molecule has 0 heterocycles. The quantitative estimate of drug-likeness (QED) is 0.617. The third-order valence-corrected chi connectivity index (χ3v) is 6.57. The van der Waals surface area contributed by atoms with Gasteiger partial charge in [-0.3, -0.25) is 9.10 Å². The Morgan fingerprint density at radius 2 is 1.41 bits per heavy atom. The lowest BCUT2D eigenvalue weighted by atomic mass is 10.1. The Balaban J connectivity index is 1.75. The summed E-state index contributed by atoms with van der Waals surface area (Å²) in [7, 11) is -0.454. The van der Waals surface area contributed by atoms with E-state index >= 15 is 0 Å². The van der Waals surface area contributed by atoms with Crippen LogP contribution < -0.4 is 4.31 Å². The Morgan fingerprint density at radius 1 is 0.828 bits per heavy atom. The van der Waals surface area contributed by atoms with Gasteiger partial charge in [-0.1, -0.05) is 48.0 Å². The second-order valence-electron chi connectivity index (χ2n) is 6.98. The fraction of sp³-hybridized carbons (Fsp3) is 0.174. The first-order valence-electron chi connectivity index (χ1n) is 9.24. The molecule has 0 aliphatic carbocycles. The molecular formula is C23H24N2O3S. The molecule has 3 aromatic carbocycles. The fourth-order valence-corrected chi connectivity index (χ4v) is 4.16. The summed E-state index contributed by atoms with van der Waals surface area (Å²) in [5, 5.41) is 0. The molecule has 0 bridgehead atoms. The summed E-state index contributed by atoms with van der Waals surface area (Å²) in [6.07, 6.45) is 0. The van der Waals surface area contributed by atoms with Crippen LogP contribution in [-0.2, 0) is 16.6 Å². The average molecular weight is 409 g/mol. The van der Waals surface area contributed by atoms with E-state index in [0.717, 1.165) is 5.56 Å². The monoisotopic (exact) mass is 408 g/mol. The number of anilines is 1. The number of benzene rings is 3. The Hall–Kier alpha value is -3.12. The van der Waals surface area contributed by atoms with Crippen LogP contribution in [0.25, 0.3) is 0 Å². The predicted octanol–water partition coefficient (Wildman–Crippen LogP) is 4.09. The molecule has 1 amide bonds. The van der Waals surface area contributed by atoms with E-state index in [0.29, 0.717) is 17.8 Å². The summed E-state index contributed by atoms with van der Waals surface area (Å²) in [5.74, 6) is -0.161. The standard InChI is InChI=1S/C23H24N2O3S/c1-18-9-11-19(12-10-18)17-24(2)23(26)20-13-15-22(16-14-20)29(27,28)25(3)21-7-5-4-6-8-21/h4-16H,17H2,1-3H3. The lowest BCUT2D eigenvalue weighted by molar-refractivity contribution is 0.0785. The molecule has 0 radical (unpaired) electrons. The molecular weight excluding hydrogens is 384 g/mol. The summed E-state index contributed by atoms with van der Waals surface area (Å²) < 4.78 is 26.9. The second kappa shape index (κ2) is 8.49. The highest BCUT2D eigenvalue weighted by atomic mass is 32.2. The predicted molar refractivity (Wildman–Crippen MR) is 115 cm³/mol. The molecule has 0 N–H and O–H groups in total. The van der Waals surface area contributed by atoms with Crippen LogP contribution >= 0.6 is 0 Å². The highest BCUT2D eigenvalue weighted by Gasteiger charge is 2.22. The number of sulfonamides is 1. The van der Waals surface area contributed by atoms with Crippen molar-refractivity contribution in [3.63, 3.8) is 0 Å². The van der Waals surface area contributed by atoms with Gasteiger partial charge in [0, 0.05) is 26.2 Å². The van der Waals surface area contributed by atoms with Crippen LogP contribution in [0, 0.1) is 6.92 Å². The molecule has 29 heavy (non-hydrogen) atoms. The highest BCUT2D eigenvalue weighted by molar-refractivity contribution is 7.92. The van der Waals surface area contributed by atoms with E-state index in [2.05, 4.69) is 0 Å². The molecule has 0 unspecified atom stereocenters. The van der Waals surface area contributed by atoms with E-state index in [-0.39, 0.29) is 10.8 Å². The largest absolute Gasteiger partial charge is 0.337 e. The van der Waals surface area contributed by atoms with Gasteiger partial charge >= 0.3 is 0 Å². The van der Waals surface area contributed by atoms with Crippen molar-refractivity contribution >= 4 is 21.6 Å². The molecule has 0 atom stereocenters. The fourth-order valence-electron chi connectivity index (χ4n) is 2.96. The zero-order chi connectivity index (χ0) is 21.0. The third-order valence-electron chi connectivity index (χ3n) is 4.77. The van der Waals surface area contributed by atoms with E-state index < -0.39 is 10.0 Å². The maximum atomic E-state index is 12.8. The maximum Gasteiger partial charge on any atom is 0.264 e. The summed E-state index contributed by atoms with van der Waals surface area (Å²) in [5.41, 5.74) is 3.22. The summed E-state index contributed by atoms with van der Waals surface area (Å²) in [6.45, 7) is 2.50. The number of rotatable bonds is 6. The van der Waals surface area contributed by atoms with Crippen LogP contribution in [0.1, 0.15) is 21.5 Å². The van der Waals surface area contributed by atoms with Gasteiger partial charge in [0.2, 0.25) is 0 Å². The number of para-hydroxylation sites is 1. The lowest BCUT2D eigenvalue weighted by Crippen LogP contribution is -2.27. The van der Waals surface area contributed by atoms with Crippen molar-refractivity contribution in [2.75, 3.05) is 18.4 Å². The van der Waals surface area contributed by atoms with E-state index in [1.807, 2.05) is 37.3 Å². The Kier molecular flexibility index (Phi) is 6.03. The first-order chi connectivity index (χ1) is 13.8. The number of amides is 1. The molecule has 0 fully saturated rings. The van der Waals surface area contributed by atoms with Crippen molar-refractivity contribution in [2.45, 2.75) is 18.4 Å². The number of hydrogen-bond acceptors (Lipinski definition) is 3. The van der Waals surface area contributed by atoms with E-state index in [1.54, 1.807) is 48.3 Å². The number of carbonyl (C=O) groups is 1.